The molecule has 0 aliphatic carbocycles. The van der Waals surface area contributed by atoms with Gasteiger partial charge in [-0.25, -0.2) is 0 Å². The standard InChI is InChI=1S/C16H27N3O2/c1-13(12-20-2)19-16(17)18-11-5-4-6-14-7-9-15(21-3)10-8-14/h7-10,13H,4-6,11-12H2,1-3H3,(H3,17,18,19). The zero-order valence-electron chi connectivity index (χ0n) is 13.3. The van der Waals surface area contributed by atoms with E-state index in [0.717, 1.165) is 31.6 Å². The second-order valence-corrected chi connectivity index (χ2v) is 5.07. The number of ether oxygens (including phenoxy) is 2. The molecule has 5 nitrogen and oxygen atoms in total. The molecule has 1 rings (SSSR count). The van der Waals surface area contributed by atoms with Crippen molar-refractivity contribution >= 4 is 5.96 Å². The molecule has 118 valence electrons. The predicted octanol–water partition coefficient (Wildman–Crippen LogP) is 1.96. The van der Waals surface area contributed by atoms with Gasteiger partial charge in [0.05, 0.1) is 13.7 Å². The average Bonchev–Trinajstić information content (AvgIpc) is 2.47. The molecule has 21 heavy (non-hydrogen) atoms. The molecular weight excluding hydrogens is 266 g/mol. The third kappa shape index (κ3) is 7.56. The minimum atomic E-state index is 0.179. The first kappa shape index (κ1) is 17.3. The molecule has 1 unspecified atom stereocenters. The molecule has 1 atom stereocenters. The molecule has 0 aliphatic rings. The molecule has 0 saturated heterocycles. The molecule has 0 bridgehead atoms. The van der Waals surface area contributed by atoms with Crippen LogP contribution in [0.15, 0.2) is 29.3 Å². The van der Waals surface area contributed by atoms with Crippen molar-refractivity contribution in [1.29, 1.82) is 0 Å². The van der Waals surface area contributed by atoms with Crippen molar-refractivity contribution in [2.75, 3.05) is 27.4 Å². The maximum atomic E-state index is 5.80. The molecular formula is C16H27N3O2. The highest BCUT2D eigenvalue weighted by Gasteiger charge is 2.01. The molecule has 3 N–H and O–H groups in total. The van der Waals surface area contributed by atoms with Gasteiger partial charge >= 0.3 is 0 Å². The van der Waals surface area contributed by atoms with Crippen LogP contribution in [-0.4, -0.2) is 39.4 Å². The SMILES string of the molecule is COCC(C)NC(N)=NCCCCc1ccc(OC)cc1. The normalized spacial score (nSPS) is 13.0. The van der Waals surface area contributed by atoms with Crippen molar-refractivity contribution in [2.24, 2.45) is 10.7 Å². The smallest absolute Gasteiger partial charge is 0.188 e. The Morgan fingerprint density at radius 2 is 1.95 bits per heavy atom. The van der Waals surface area contributed by atoms with Gasteiger partial charge in [0.25, 0.3) is 0 Å². The molecule has 0 amide bonds. The Kier molecular flexibility index (Phi) is 8.28. The predicted molar refractivity (Wildman–Crippen MR) is 86.9 cm³/mol. The first-order chi connectivity index (χ1) is 10.2. The summed E-state index contributed by atoms with van der Waals surface area (Å²) in [5.74, 6) is 1.39. The highest BCUT2D eigenvalue weighted by Crippen LogP contribution is 2.13. The number of nitrogens with one attached hydrogen (secondary N) is 1. The summed E-state index contributed by atoms with van der Waals surface area (Å²) in [5.41, 5.74) is 7.12. The highest BCUT2D eigenvalue weighted by atomic mass is 16.5. The van der Waals surface area contributed by atoms with Crippen LogP contribution in [-0.2, 0) is 11.2 Å². The summed E-state index contributed by atoms with van der Waals surface area (Å²) in [6, 6.07) is 8.37. The van der Waals surface area contributed by atoms with Gasteiger partial charge < -0.3 is 20.5 Å². The maximum absolute atomic E-state index is 5.80. The Balaban J connectivity index is 2.18. The van der Waals surface area contributed by atoms with E-state index in [1.807, 2.05) is 19.1 Å². The Morgan fingerprint density at radius 1 is 1.24 bits per heavy atom. The van der Waals surface area contributed by atoms with Gasteiger partial charge in [0.1, 0.15) is 5.75 Å². The number of guanidine groups is 1. The zero-order chi connectivity index (χ0) is 15.5. The second kappa shape index (κ2) is 10.0. The quantitative estimate of drug-likeness (QED) is 0.415. The third-order valence-corrected chi connectivity index (χ3v) is 3.13. The van der Waals surface area contributed by atoms with E-state index in [1.165, 1.54) is 5.56 Å². The van der Waals surface area contributed by atoms with E-state index in [9.17, 15) is 0 Å². The summed E-state index contributed by atoms with van der Waals surface area (Å²) in [4.78, 5) is 4.31. The Hall–Kier alpha value is -1.75. The number of nitrogens with zero attached hydrogens (tertiary/aromatic N) is 1. The van der Waals surface area contributed by atoms with Crippen molar-refractivity contribution < 1.29 is 9.47 Å². The molecule has 1 aromatic rings. The molecule has 0 saturated carbocycles. The fraction of sp³-hybridized carbons (Fsp3) is 0.562. The van der Waals surface area contributed by atoms with Crippen LogP contribution in [0.1, 0.15) is 25.3 Å². The molecule has 5 heteroatoms. The van der Waals surface area contributed by atoms with E-state index in [0.29, 0.717) is 12.6 Å². The van der Waals surface area contributed by atoms with Crippen molar-refractivity contribution in [3.63, 3.8) is 0 Å². The number of nitrogens with two attached hydrogens (primary N) is 1. The molecule has 0 aromatic heterocycles. The minimum Gasteiger partial charge on any atom is -0.497 e. The largest absolute Gasteiger partial charge is 0.497 e. The van der Waals surface area contributed by atoms with Crippen molar-refractivity contribution in [1.82, 2.24) is 5.32 Å². The lowest BCUT2D eigenvalue weighted by atomic mass is 10.1. The monoisotopic (exact) mass is 293 g/mol. The van der Waals surface area contributed by atoms with Gasteiger partial charge in [-0.3, -0.25) is 4.99 Å². The first-order valence-corrected chi connectivity index (χ1v) is 7.34. The number of aryl methyl sites for hydroxylation is 1. The number of hydrogen-bond donors (Lipinski definition) is 2. The van der Waals surface area contributed by atoms with E-state index >= 15 is 0 Å². The van der Waals surface area contributed by atoms with E-state index < -0.39 is 0 Å². The summed E-state index contributed by atoms with van der Waals surface area (Å²) in [6.45, 7) is 3.37. The van der Waals surface area contributed by atoms with Gasteiger partial charge in [-0.05, 0) is 43.9 Å². The molecule has 0 heterocycles. The fourth-order valence-electron chi connectivity index (χ4n) is 2.02. The number of unbranched alkanes of at least 4 members (excludes halogenated alkanes) is 1. The van der Waals surface area contributed by atoms with Gasteiger partial charge in [0, 0.05) is 19.7 Å². The van der Waals surface area contributed by atoms with Gasteiger partial charge in [0.15, 0.2) is 5.96 Å². The summed E-state index contributed by atoms with van der Waals surface area (Å²) in [6.07, 6.45) is 3.16. The second-order valence-electron chi connectivity index (χ2n) is 5.07. The van der Waals surface area contributed by atoms with Crippen molar-refractivity contribution in [3.8, 4) is 5.75 Å². The first-order valence-electron chi connectivity index (χ1n) is 7.34. The Labute approximate surface area is 127 Å². The maximum Gasteiger partial charge on any atom is 0.188 e. The molecule has 0 fully saturated rings. The van der Waals surface area contributed by atoms with Crippen LogP contribution in [0.25, 0.3) is 0 Å². The van der Waals surface area contributed by atoms with Crippen LogP contribution >= 0.6 is 0 Å². The summed E-state index contributed by atoms with van der Waals surface area (Å²) in [5, 5.41) is 3.09. The van der Waals surface area contributed by atoms with E-state index in [-0.39, 0.29) is 6.04 Å². The number of aliphatic imine (C=N–C) groups is 1. The molecule has 0 spiro atoms. The van der Waals surface area contributed by atoms with Crippen LogP contribution in [0.4, 0.5) is 0 Å². The average molecular weight is 293 g/mol. The van der Waals surface area contributed by atoms with E-state index in [4.69, 9.17) is 15.2 Å². The van der Waals surface area contributed by atoms with Gasteiger partial charge in [-0.15, -0.1) is 0 Å². The van der Waals surface area contributed by atoms with Crippen LogP contribution in [0.2, 0.25) is 0 Å². The molecule has 1 aromatic carbocycles. The van der Waals surface area contributed by atoms with Crippen molar-refractivity contribution in [3.05, 3.63) is 29.8 Å². The van der Waals surface area contributed by atoms with E-state index in [2.05, 4.69) is 22.4 Å². The van der Waals surface area contributed by atoms with Crippen LogP contribution < -0.4 is 15.8 Å². The van der Waals surface area contributed by atoms with Gasteiger partial charge in [-0.1, -0.05) is 12.1 Å². The molecule has 0 radical (unpaired) electrons. The fourth-order valence-corrected chi connectivity index (χ4v) is 2.02. The van der Waals surface area contributed by atoms with E-state index in [1.54, 1.807) is 14.2 Å². The highest BCUT2D eigenvalue weighted by molar-refractivity contribution is 5.78. The van der Waals surface area contributed by atoms with Gasteiger partial charge in [0.2, 0.25) is 0 Å². The topological polar surface area (TPSA) is 68.9 Å². The Bertz CT molecular complexity index is 418. The third-order valence-electron chi connectivity index (χ3n) is 3.13. The van der Waals surface area contributed by atoms with Crippen molar-refractivity contribution in [2.45, 2.75) is 32.2 Å². The number of hydrogen-bond acceptors (Lipinski definition) is 3. The number of methoxy groups -OCH3 is 2. The Morgan fingerprint density at radius 3 is 2.57 bits per heavy atom. The lowest BCUT2D eigenvalue weighted by Crippen LogP contribution is -2.40. The number of rotatable bonds is 9. The van der Waals surface area contributed by atoms with Gasteiger partial charge in [-0.2, -0.15) is 0 Å². The molecule has 0 aliphatic heterocycles. The lowest BCUT2D eigenvalue weighted by molar-refractivity contribution is 0.179. The number of benzene rings is 1. The minimum absolute atomic E-state index is 0.179. The zero-order valence-corrected chi connectivity index (χ0v) is 13.3. The summed E-state index contributed by atoms with van der Waals surface area (Å²) >= 11 is 0. The van der Waals surface area contributed by atoms with Crippen LogP contribution in [0.5, 0.6) is 5.75 Å². The summed E-state index contributed by atoms with van der Waals surface area (Å²) < 4.78 is 10.2. The lowest BCUT2D eigenvalue weighted by Gasteiger charge is -2.12. The summed E-state index contributed by atoms with van der Waals surface area (Å²) in [7, 11) is 3.35. The van der Waals surface area contributed by atoms with Crippen LogP contribution in [0, 0.1) is 0 Å². The van der Waals surface area contributed by atoms with Crippen LogP contribution in [0.3, 0.4) is 0 Å².